The van der Waals surface area contributed by atoms with E-state index in [2.05, 4.69) is 0 Å². The van der Waals surface area contributed by atoms with Gasteiger partial charge in [-0.05, 0) is 6.92 Å². The fourth-order valence-corrected chi connectivity index (χ4v) is 2.78. The van der Waals surface area contributed by atoms with Crippen molar-refractivity contribution in [2.45, 2.75) is 13.0 Å². The zero-order valence-electron chi connectivity index (χ0n) is 8.60. The predicted molar refractivity (Wildman–Crippen MR) is 52.6 cm³/mol. The van der Waals surface area contributed by atoms with Crippen LogP contribution in [0.15, 0.2) is 0 Å². The van der Waals surface area contributed by atoms with Crippen LogP contribution in [-0.2, 0) is 19.5 Å². The summed E-state index contributed by atoms with van der Waals surface area (Å²) in [4.78, 5) is 0. The van der Waals surface area contributed by atoms with Crippen LogP contribution < -0.4 is 0 Å². The maximum atomic E-state index is 11.7. The van der Waals surface area contributed by atoms with Crippen molar-refractivity contribution in [3.8, 4) is 0 Å². The number of sulfonamides is 1. The van der Waals surface area contributed by atoms with Crippen molar-refractivity contribution in [3.05, 3.63) is 0 Å². The highest BCUT2D eigenvalue weighted by molar-refractivity contribution is 7.89. The summed E-state index contributed by atoms with van der Waals surface area (Å²) in [5.41, 5.74) is 0. The average molecular weight is 223 g/mol. The SMILES string of the molecule is COCCS(=O)(=O)N1CCOC(C)C1. The molecule has 6 heteroatoms. The fourth-order valence-electron chi connectivity index (χ4n) is 1.36. The maximum absolute atomic E-state index is 11.7. The molecule has 84 valence electrons. The molecule has 0 radical (unpaired) electrons. The van der Waals surface area contributed by atoms with Crippen LogP contribution in [0.4, 0.5) is 0 Å². The summed E-state index contributed by atoms with van der Waals surface area (Å²) in [6.07, 6.45) is -0.0129. The van der Waals surface area contributed by atoms with Crippen LogP contribution in [0.1, 0.15) is 6.92 Å². The quantitative estimate of drug-likeness (QED) is 0.655. The second kappa shape index (κ2) is 5.06. The number of hydrogen-bond donors (Lipinski definition) is 0. The molecule has 5 nitrogen and oxygen atoms in total. The van der Waals surface area contributed by atoms with Crippen LogP contribution in [0, 0.1) is 0 Å². The van der Waals surface area contributed by atoms with Gasteiger partial charge in [-0.1, -0.05) is 0 Å². The summed E-state index contributed by atoms with van der Waals surface area (Å²) in [7, 11) is -1.65. The third-order valence-corrected chi connectivity index (χ3v) is 3.94. The van der Waals surface area contributed by atoms with Gasteiger partial charge in [0, 0.05) is 20.2 Å². The molecule has 0 amide bonds. The first-order chi connectivity index (χ1) is 6.56. The minimum Gasteiger partial charge on any atom is -0.384 e. The summed E-state index contributed by atoms with van der Waals surface area (Å²) in [6.45, 7) is 3.50. The van der Waals surface area contributed by atoms with E-state index in [9.17, 15) is 8.42 Å². The van der Waals surface area contributed by atoms with Crippen LogP contribution in [-0.4, -0.2) is 58.0 Å². The first-order valence-electron chi connectivity index (χ1n) is 4.64. The van der Waals surface area contributed by atoms with E-state index in [1.807, 2.05) is 6.92 Å². The van der Waals surface area contributed by atoms with E-state index >= 15 is 0 Å². The number of nitrogens with zero attached hydrogens (tertiary/aromatic N) is 1. The highest BCUT2D eigenvalue weighted by Gasteiger charge is 2.26. The van der Waals surface area contributed by atoms with Crippen LogP contribution in [0.2, 0.25) is 0 Å². The van der Waals surface area contributed by atoms with E-state index in [-0.39, 0.29) is 18.5 Å². The highest BCUT2D eigenvalue weighted by atomic mass is 32.2. The monoisotopic (exact) mass is 223 g/mol. The third kappa shape index (κ3) is 3.20. The molecule has 14 heavy (non-hydrogen) atoms. The summed E-state index contributed by atoms with van der Waals surface area (Å²) in [5, 5.41) is 0. The zero-order chi connectivity index (χ0) is 10.6. The largest absolute Gasteiger partial charge is 0.384 e. The van der Waals surface area contributed by atoms with Gasteiger partial charge < -0.3 is 9.47 Å². The summed E-state index contributed by atoms with van der Waals surface area (Å²) in [6, 6.07) is 0. The van der Waals surface area contributed by atoms with E-state index in [1.54, 1.807) is 0 Å². The second-order valence-electron chi connectivity index (χ2n) is 3.35. The lowest BCUT2D eigenvalue weighted by Crippen LogP contribution is -2.45. The molecule has 1 rings (SSSR count). The number of hydrogen-bond acceptors (Lipinski definition) is 4. The zero-order valence-corrected chi connectivity index (χ0v) is 9.42. The second-order valence-corrected chi connectivity index (χ2v) is 5.44. The van der Waals surface area contributed by atoms with Gasteiger partial charge in [0.2, 0.25) is 10.0 Å². The molecule has 1 fully saturated rings. The van der Waals surface area contributed by atoms with E-state index in [1.165, 1.54) is 11.4 Å². The Labute approximate surface area is 85.0 Å². The lowest BCUT2D eigenvalue weighted by atomic mass is 10.3. The van der Waals surface area contributed by atoms with Gasteiger partial charge in [-0.15, -0.1) is 0 Å². The van der Waals surface area contributed by atoms with Crippen molar-refractivity contribution in [2.75, 3.05) is 39.2 Å². The molecular weight excluding hydrogens is 206 g/mol. The van der Waals surface area contributed by atoms with E-state index < -0.39 is 10.0 Å². The molecule has 0 N–H and O–H groups in total. The van der Waals surface area contributed by atoms with Crippen LogP contribution in [0.3, 0.4) is 0 Å². The highest BCUT2D eigenvalue weighted by Crippen LogP contribution is 2.09. The molecule has 0 aliphatic carbocycles. The Morgan fingerprint density at radius 1 is 1.57 bits per heavy atom. The fraction of sp³-hybridized carbons (Fsp3) is 1.00. The molecule has 0 aromatic carbocycles. The van der Waals surface area contributed by atoms with Crippen molar-refractivity contribution in [3.63, 3.8) is 0 Å². The van der Waals surface area contributed by atoms with Crippen molar-refractivity contribution in [2.24, 2.45) is 0 Å². The average Bonchev–Trinajstić information content (AvgIpc) is 2.15. The molecule has 0 bridgehead atoms. The van der Waals surface area contributed by atoms with Gasteiger partial charge in [0.05, 0.1) is 25.1 Å². The molecule has 0 saturated carbocycles. The first-order valence-corrected chi connectivity index (χ1v) is 6.25. The Kier molecular flexibility index (Phi) is 4.31. The van der Waals surface area contributed by atoms with Gasteiger partial charge >= 0.3 is 0 Å². The lowest BCUT2D eigenvalue weighted by molar-refractivity contribution is 0.0100. The molecule has 1 atom stereocenters. The van der Waals surface area contributed by atoms with Crippen molar-refractivity contribution in [1.29, 1.82) is 0 Å². The number of morpholine rings is 1. The van der Waals surface area contributed by atoms with Crippen molar-refractivity contribution < 1.29 is 17.9 Å². The summed E-state index contributed by atoms with van der Waals surface area (Å²) in [5.74, 6) is 0.0518. The molecule has 1 aliphatic rings. The minimum atomic E-state index is -3.15. The van der Waals surface area contributed by atoms with Crippen molar-refractivity contribution >= 4 is 10.0 Å². The predicted octanol–water partition coefficient (Wildman–Crippen LogP) is -0.317. The number of ether oxygens (including phenoxy) is 2. The van der Waals surface area contributed by atoms with Gasteiger partial charge in [0.15, 0.2) is 0 Å². The van der Waals surface area contributed by atoms with Crippen molar-refractivity contribution in [1.82, 2.24) is 4.31 Å². The molecule has 1 unspecified atom stereocenters. The molecule has 1 heterocycles. The van der Waals surface area contributed by atoms with E-state index in [0.29, 0.717) is 19.7 Å². The van der Waals surface area contributed by atoms with Crippen LogP contribution in [0.25, 0.3) is 0 Å². The molecular formula is C8H17NO4S. The molecule has 1 aliphatic heterocycles. The Bertz CT molecular complexity index is 265. The third-order valence-electron chi connectivity index (χ3n) is 2.14. The summed E-state index contributed by atoms with van der Waals surface area (Å²) >= 11 is 0. The van der Waals surface area contributed by atoms with Gasteiger partial charge in [-0.2, -0.15) is 4.31 Å². The Morgan fingerprint density at radius 3 is 2.86 bits per heavy atom. The maximum Gasteiger partial charge on any atom is 0.216 e. The minimum absolute atomic E-state index is 0.0129. The van der Waals surface area contributed by atoms with Gasteiger partial charge in [-0.25, -0.2) is 8.42 Å². The Balaban J connectivity index is 2.53. The Morgan fingerprint density at radius 2 is 2.29 bits per heavy atom. The van der Waals surface area contributed by atoms with Crippen LogP contribution in [0.5, 0.6) is 0 Å². The van der Waals surface area contributed by atoms with Crippen LogP contribution >= 0.6 is 0 Å². The van der Waals surface area contributed by atoms with Gasteiger partial charge in [-0.3, -0.25) is 0 Å². The Hall–Kier alpha value is -0.170. The standard InChI is InChI=1S/C8H17NO4S/c1-8-7-9(3-4-13-8)14(10,11)6-5-12-2/h8H,3-7H2,1-2H3. The topological polar surface area (TPSA) is 55.8 Å². The summed E-state index contributed by atoms with van der Waals surface area (Å²) < 4.78 is 34.9. The molecule has 0 aromatic rings. The molecule has 0 aromatic heterocycles. The normalized spacial score (nSPS) is 25.1. The van der Waals surface area contributed by atoms with Gasteiger partial charge in [0.25, 0.3) is 0 Å². The smallest absolute Gasteiger partial charge is 0.216 e. The molecule has 1 saturated heterocycles. The number of rotatable bonds is 4. The van der Waals surface area contributed by atoms with E-state index in [4.69, 9.17) is 9.47 Å². The number of methoxy groups -OCH3 is 1. The lowest BCUT2D eigenvalue weighted by Gasteiger charge is -2.30. The van der Waals surface area contributed by atoms with E-state index in [0.717, 1.165) is 0 Å². The first kappa shape index (κ1) is 11.9. The molecule has 0 spiro atoms. The van der Waals surface area contributed by atoms with Gasteiger partial charge in [0.1, 0.15) is 0 Å².